The monoisotopic (exact) mass is 335 g/mol. The van der Waals surface area contributed by atoms with Gasteiger partial charge in [0.05, 0.1) is 6.04 Å². The lowest BCUT2D eigenvalue weighted by Crippen LogP contribution is -2.26. The zero-order valence-electron chi connectivity index (χ0n) is 12.7. The third-order valence-electron chi connectivity index (χ3n) is 3.62. The molecule has 1 N–H and O–H groups in total. The summed E-state index contributed by atoms with van der Waals surface area (Å²) < 4.78 is 0. The van der Waals surface area contributed by atoms with Crippen molar-refractivity contribution in [3.8, 4) is 0 Å². The van der Waals surface area contributed by atoms with Crippen molar-refractivity contribution in [1.29, 1.82) is 0 Å². The van der Waals surface area contributed by atoms with Crippen LogP contribution in [-0.4, -0.2) is 5.91 Å². The van der Waals surface area contributed by atoms with Crippen molar-refractivity contribution in [2.24, 2.45) is 0 Å². The van der Waals surface area contributed by atoms with Gasteiger partial charge in [-0.05, 0) is 43.5 Å². The van der Waals surface area contributed by atoms with Gasteiger partial charge in [-0.15, -0.1) is 0 Å². The Hall–Kier alpha value is -1.51. The molecule has 1 amide bonds. The number of carbonyl (C=O) groups is 1. The number of carbonyl (C=O) groups excluding carboxylic acids is 1. The smallest absolute Gasteiger partial charge is 0.220 e. The SMILES string of the molecule is Cc1ccc([C@H](C)NC(=O)CCc2c(Cl)cccc2Cl)cc1. The molecule has 0 saturated carbocycles. The highest BCUT2D eigenvalue weighted by Crippen LogP contribution is 2.25. The number of rotatable bonds is 5. The summed E-state index contributed by atoms with van der Waals surface area (Å²) in [4.78, 5) is 12.1. The molecule has 0 bridgehead atoms. The first-order valence-electron chi connectivity index (χ1n) is 7.26. The van der Waals surface area contributed by atoms with Crippen LogP contribution in [0, 0.1) is 6.92 Å². The molecule has 0 aliphatic carbocycles. The van der Waals surface area contributed by atoms with Crippen molar-refractivity contribution in [2.75, 3.05) is 0 Å². The highest BCUT2D eigenvalue weighted by atomic mass is 35.5. The average Bonchev–Trinajstić information content (AvgIpc) is 2.47. The minimum absolute atomic E-state index is 0.0101. The maximum Gasteiger partial charge on any atom is 0.220 e. The van der Waals surface area contributed by atoms with Crippen LogP contribution in [0.15, 0.2) is 42.5 Å². The first-order valence-corrected chi connectivity index (χ1v) is 8.02. The highest BCUT2D eigenvalue weighted by Gasteiger charge is 2.12. The molecule has 0 fully saturated rings. The summed E-state index contributed by atoms with van der Waals surface area (Å²) in [5.41, 5.74) is 3.12. The molecule has 116 valence electrons. The Morgan fingerprint density at radius 3 is 2.27 bits per heavy atom. The van der Waals surface area contributed by atoms with Gasteiger partial charge in [0.1, 0.15) is 0 Å². The second-order valence-corrected chi connectivity index (χ2v) is 6.21. The van der Waals surface area contributed by atoms with E-state index in [9.17, 15) is 4.79 Å². The Kier molecular flexibility index (Phi) is 5.87. The molecule has 4 heteroatoms. The van der Waals surface area contributed by atoms with Crippen LogP contribution in [0.25, 0.3) is 0 Å². The van der Waals surface area contributed by atoms with E-state index in [0.717, 1.165) is 11.1 Å². The summed E-state index contributed by atoms with van der Waals surface area (Å²) in [6, 6.07) is 13.5. The van der Waals surface area contributed by atoms with E-state index < -0.39 is 0 Å². The number of halogens is 2. The summed E-state index contributed by atoms with van der Waals surface area (Å²) in [6.07, 6.45) is 0.893. The van der Waals surface area contributed by atoms with Gasteiger partial charge in [-0.25, -0.2) is 0 Å². The number of amides is 1. The third kappa shape index (κ3) is 4.49. The molecule has 2 nitrogen and oxygen atoms in total. The number of benzene rings is 2. The normalized spacial score (nSPS) is 12.0. The lowest BCUT2D eigenvalue weighted by Gasteiger charge is -2.15. The largest absolute Gasteiger partial charge is 0.350 e. The van der Waals surface area contributed by atoms with Crippen molar-refractivity contribution in [3.05, 3.63) is 69.2 Å². The Morgan fingerprint density at radius 2 is 1.68 bits per heavy atom. The number of aryl methyl sites for hydroxylation is 1. The van der Waals surface area contributed by atoms with Gasteiger partial charge in [0.2, 0.25) is 5.91 Å². The van der Waals surface area contributed by atoms with Crippen molar-refractivity contribution in [2.45, 2.75) is 32.7 Å². The van der Waals surface area contributed by atoms with Crippen molar-refractivity contribution >= 4 is 29.1 Å². The summed E-state index contributed by atoms with van der Waals surface area (Å²) in [5.74, 6) is -0.0101. The fourth-order valence-electron chi connectivity index (χ4n) is 2.26. The predicted molar refractivity (Wildman–Crippen MR) is 92.5 cm³/mol. The molecule has 0 aliphatic rings. The molecule has 0 saturated heterocycles. The predicted octanol–water partition coefficient (Wildman–Crippen LogP) is 5.11. The van der Waals surface area contributed by atoms with Gasteiger partial charge < -0.3 is 5.32 Å². The summed E-state index contributed by atoms with van der Waals surface area (Å²) in [5, 5.41) is 4.21. The maximum atomic E-state index is 12.1. The van der Waals surface area contributed by atoms with Crippen molar-refractivity contribution in [1.82, 2.24) is 5.32 Å². The number of nitrogens with one attached hydrogen (secondary N) is 1. The van der Waals surface area contributed by atoms with Gasteiger partial charge >= 0.3 is 0 Å². The summed E-state index contributed by atoms with van der Waals surface area (Å²) in [7, 11) is 0. The maximum absolute atomic E-state index is 12.1. The van der Waals surface area contributed by atoms with Crippen LogP contribution in [0.5, 0.6) is 0 Å². The molecule has 0 aromatic heterocycles. The molecule has 2 aromatic rings. The first-order chi connectivity index (χ1) is 10.5. The van der Waals surface area contributed by atoms with Gasteiger partial charge in [0.15, 0.2) is 0 Å². The second kappa shape index (κ2) is 7.66. The lowest BCUT2D eigenvalue weighted by molar-refractivity contribution is -0.121. The Balaban J connectivity index is 1.91. The molecule has 2 aromatic carbocycles. The van der Waals surface area contributed by atoms with Crippen LogP contribution in [0.4, 0.5) is 0 Å². The molecule has 0 spiro atoms. The zero-order chi connectivity index (χ0) is 16.1. The fraction of sp³-hybridized carbons (Fsp3) is 0.278. The van der Waals surface area contributed by atoms with E-state index in [0.29, 0.717) is 22.9 Å². The van der Waals surface area contributed by atoms with Gasteiger partial charge in [-0.2, -0.15) is 0 Å². The molecule has 0 radical (unpaired) electrons. The molecule has 0 aliphatic heterocycles. The fourth-order valence-corrected chi connectivity index (χ4v) is 2.85. The highest BCUT2D eigenvalue weighted by molar-refractivity contribution is 6.36. The zero-order valence-corrected chi connectivity index (χ0v) is 14.2. The quantitative estimate of drug-likeness (QED) is 0.807. The van der Waals surface area contributed by atoms with E-state index in [1.54, 1.807) is 18.2 Å². The lowest BCUT2D eigenvalue weighted by atomic mass is 10.1. The Morgan fingerprint density at radius 1 is 1.09 bits per heavy atom. The molecular formula is C18H19Cl2NO. The molecule has 1 atom stereocenters. The number of hydrogen-bond donors (Lipinski definition) is 1. The van der Waals surface area contributed by atoms with Crippen molar-refractivity contribution < 1.29 is 4.79 Å². The second-order valence-electron chi connectivity index (χ2n) is 5.40. The Labute approximate surface area is 141 Å². The average molecular weight is 336 g/mol. The van der Waals surface area contributed by atoms with Gasteiger partial charge in [0.25, 0.3) is 0 Å². The van der Waals surface area contributed by atoms with E-state index in [1.165, 1.54) is 5.56 Å². The van der Waals surface area contributed by atoms with Crippen LogP contribution in [-0.2, 0) is 11.2 Å². The summed E-state index contributed by atoms with van der Waals surface area (Å²) in [6.45, 7) is 4.02. The first kappa shape index (κ1) is 16.9. The topological polar surface area (TPSA) is 29.1 Å². The van der Waals surface area contributed by atoms with Gasteiger partial charge in [-0.1, -0.05) is 59.1 Å². The van der Waals surface area contributed by atoms with Gasteiger partial charge in [-0.3, -0.25) is 4.79 Å². The molecule has 2 rings (SSSR count). The van der Waals surface area contributed by atoms with E-state index >= 15 is 0 Å². The molecular weight excluding hydrogens is 317 g/mol. The van der Waals surface area contributed by atoms with Crippen LogP contribution < -0.4 is 5.32 Å². The minimum Gasteiger partial charge on any atom is -0.350 e. The van der Waals surface area contributed by atoms with Crippen LogP contribution in [0.3, 0.4) is 0 Å². The van der Waals surface area contributed by atoms with E-state index in [-0.39, 0.29) is 11.9 Å². The van der Waals surface area contributed by atoms with Gasteiger partial charge in [0, 0.05) is 16.5 Å². The molecule has 22 heavy (non-hydrogen) atoms. The minimum atomic E-state index is -0.0187. The van der Waals surface area contributed by atoms with Crippen molar-refractivity contribution in [3.63, 3.8) is 0 Å². The Bertz CT molecular complexity index is 632. The molecule has 0 unspecified atom stereocenters. The standard InChI is InChI=1S/C18H19Cl2NO/c1-12-6-8-14(9-7-12)13(2)21-18(22)11-10-15-16(19)4-3-5-17(15)20/h3-9,13H,10-11H2,1-2H3,(H,21,22)/t13-/m0/s1. The van der Waals surface area contributed by atoms with Crippen LogP contribution in [0.1, 0.15) is 36.1 Å². The summed E-state index contributed by atoms with van der Waals surface area (Å²) >= 11 is 12.2. The van der Waals surface area contributed by atoms with Crippen LogP contribution in [0.2, 0.25) is 10.0 Å². The van der Waals surface area contributed by atoms with E-state index in [1.807, 2.05) is 38.1 Å². The molecule has 0 heterocycles. The third-order valence-corrected chi connectivity index (χ3v) is 4.33. The van der Waals surface area contributed by atoms with Crippen LogP contribution >= 0.6 is 23.2 Å². The van der Waals surface area contributed by atoms with E-state index in [2.05, 4.69) is 5.32 Å². The number of hydrogen-bond acceptors (Lipinski definition) is 1. The van der Waals surface area contributed by atoms with E-state index in [4.69, 9.17) is 23.2 Å².